The van der Waals surface area contributed by atoms with Crippen molar-refractivity contribution in [3.05, 3.63) is 23.3 Å². The van der Waals surface area contributed by atoms with Gasteiger partial charge >= 0.3 is 0 Å². The summed E-state index contributed by atoms with van der Waals surface area (Å²) in [6.07, 6.45) is 6.71. The van der Waals surface area contributed by atoms with Crippen LogP contribution in [0.5, 0.6) is 0 Å². The van der Waals surface area contributed by atoms with Gasteiger partial charge in [0.2, 0.25) is 0 Å². The van der Waals surface area contributed by atoms with Crippen molar-refractivity contribution in [3.8, 4) is 10.8 Å². The van der Waals surface area contributed by atoms with Gasteiger partial charge in [-0.05, 0) is 30.4 Å². The monoisotopic (exact) mass is 319 g/mol. The number of hydrogen-bond donors (Lipinski definition) is 1. The minimum Gasteiger partial charge on any atom is -0.333 e. The Morgan fingerprint density at radius 3 is 2.71 bits per heavy atom. The zero-order valence-electron chi connectivity index (χ0n) is 11.7. The van der Waals surface area contributed by atoms with Gasteiger partial charge in [0.1, 0.15) is 0 Å². The molecule has 0 saturated heterocycles. The summed E-state index contributed by atoms with van der Waals surface area (Å²) in [7, 11) is 0. The fraction of sp³-hybridized carbons (Fsp3) is 0.467. The molecule has 0 aliphatic heterocycles. The van der Waals surface area contributed by atoms with Gasteiger partial charge in [0.15, 0.2) is 5.82 Å². The Morgan fingerprint density at radius 2 is 1.95 bits per heavy atom. The van der Waals surface area contributed by atoms with Gasteiger partial charge in [-0.2, -0.15) is 4.98 Å². The quantitative estimate of drug-likeness (QED) is 0.705. The van der Waals surface area contributed by atoms with Crippen LogP contribution >= 0.6 is 22.7 Å². The maximum absolute atomic E-state index is 6.55. The first kappa shape index (κ1) is 13.4. The zero-order chi connectivity index (χ0) is 14.3. The molecule has 0 amide bonds. The van der Waals surface area contributed by atoms with Crippen molar-refractivity contribution in [2.24, 2.45) is 5.73 Å². The topological polar surface area (TPSA) is 64.9 Å². The van der Waals surface area contributed by atoms with Crippen LogP contribution in [0.1, 0.15) is 44.3 Å². The SMILES string of the molecule is NC1(c2noc(-c3cc4sccc4s3)n2)CCCCCC1. The van der Waals surface area contributed by atoms with Gasteiger partial charge in [-0.25, -0.2) is 0 Å². The van der Waals surface area contributed by atoms with Gasteiger partial charge in [0.05, 0.1) is 10.4 Å². The molecule has 3 heterocycles. The van der Waals surface area contributed by atoms with Gasteiger partial charge in [-0.3, -0.25) is 0 Å². The maximum atomic E-state index is 6.55. The van der Waals surface area contributed by atoms with Crippen LogP contribution in [0.3, 0.4) is 0 Å². The summed E-state index contributed by atoms with van der Waals surface area (Å²) in [5.74, 6) is 1.28. The van der Waals surface area contributed by atoms with Crippen LogP contribution in [-0.4, -0.2) is 10.1 Å². The van der Waals surface area contributed by atoms with Crippen molar-refractivity contribution in [2.45, 2.75) is 44.1 Å². The number of thiophene rings is 2. The first-order chi connectivity index (χ1) is 10.2. The van der Waals surface area contributed by atoms with Crippen LogP contribution in [-0.2, 0) is 5.54 Å². The lowest BCUT2D eigenvalue weighted by molar-refractivity contribution is 0.334. The summed E-state index contributed by atoms with van der Waals surface area (Å²) >= 11 is 3.43. The largest absolute Gasteiger partial charge is 0.333 e. The highest BCUT2D eigenvalue weighted by Crippen LogP contribution is 2.37. The number of nitrogens with two attached hydrogens (primary N) is 1. The summed E-state index contributed by atoms with van der Waals surface area (Å²) in [6.45, 7) is 0. The minimum atomic E-state index is -0.410. The summed E-state index contributed by atoms with van der Waals surface area (Å²) in [4.78, 5) is 5.64. The molecule has 110 valence electrons. The standard InChI is InChI=1S/C15H17N3OS2/c16-15(6-3-1-2-4-7-15)14-17-13(19-18-14)12-9-11-10(21-12)5-8-20-11/h5,8-9H,1-4,6-7,16H2. The fourth-order valence-corrected chi connectivity index (χ4v) is 5.01. The summed E-state index contributed by atoms with van der Waals surface area (Å²) < 4.78 is 8.02. The summed E-state index contributed by atoms with van der Waals surface area (Å²) in [5.41, 5.74) is 6.14. The van der Waals surface area contributed by atoms with E-state index in [0.717, 1.165) is 30.6 Å². The summed E-state index contributed by atoms with van der Waals surface area (Å²) in [5, 5.41) is 6.28. The highest BCUT2D eigenvalue weighted by Gasteiger charge is 2.33. The Bertz CT molecular complexity index is 721. The average molecular weight is 319 g/mol. The van der Waals surface area contributed by atoms with E-state index in [1.165, 1.54) is 22.2 Å². The second-order valence-electron chi connectivity index (χ2n) is 5.75. The highest BCUT2D eigenvalue weighted by molar-refractivity contribution is 7.28. The third-order valence-electron chi connectivity index (χ3n) is 4.22. The molecule has 3 aromatic heterocycles. The van der Waals surface area contributed by atoms with Crippen molar-refractivity contribution < 1.29 is 4.52 Å². The lowest BCUT2D eigenvalue weighted by Crippen LogP contribution is -2.37. The van der Waals surface area contributed by atoms with Crippen LogP contribution in [0, 0.1) is 0 Å². The van der Waals surface area contributed by atoms with E-state index in [-0.39, 0.29) is 0 Å². The van der Waals surface area contributed by atoms with Gasteiger partial charge in [-0.1, -0.05) is 30.8 Å². The molecule has 4 rings (SSSR count). The number of hydrogen-bond acceptors (Lipinski definition) is 6. The van der Waals surface area contributed by atoms with E-state index >= 15 is 0 Å². The van der Waals surface area contributed by atoms with E-state index in [2.05, 4.69) is 27.7 Å². The molecule has 0 bridgehead atoms. The van der Waals surface area contributed by atoms with Crippen LogP contribution in [0.2, 0.25) is 0 Å². The van der Waals surface area contributed by atoms with E-state index in [1.54, 1.807) is 22.7 Å². The lowest BCUT2D eigenvalue weighted by Gasteiger charge is -2.23. The molecule has 0 spiro atoms. The second kappa shape index (κ2) is 5.19. The van der Waals surface area contributed by atoms with E-state index < -0.39 is 5.54 Å². The van der Waals surface area contributed by atoms with E-state index in [1.807, 2.05) is 0 Å². The lowest BCUT2D eigenvalue weighted by atomic mass is 9.91. The molecule has 3 aromatic rings. The van der Waals surface area contributed by atoms with Crippen LogP contribution in [0.25, 0.3) is 20.2 Å². The van der Waals surface area contributed by atoms with Crippen molar-refractivity contribution in [1.82, 2.24) is 10.1 Å². The highest BCUT2D eigenvalue weighted by atomic mass is 32.1. The average Bonchev–Trinajstić information content (AvgIpc) is 3.13. The van der Waals surface area contributed by atoms with Gasteiger partial charge in [0.25, 0.3) is 5.89 Å². The second-order valence-corrected chi connectivity index (χ2v) is 7.78. The van der Waals surface area contributed by atoms with Crippen molar-refractivity contribution in [3.63, 3.8) is 0 Å². The Hall–Kier alpha value is -1.24. The summed E-state index contributed by atoms with van der Waals surface area (Å²) in [6, 6.07) is 4.25. The predicted molar refractivity (Wildman–Crippen MR) is 86.6 cm³/mol. The zero-order valence-corrected chi connectivity index (χ0v) is 13.3. The molecular formula is C15H17N3OS2. The molecule has 6 heteroatoms. The van der Waals surface area contributed by atoms with Crippen LogP contribution in [0.4, 0.5) is 0 Å². The van der Waals surface area contributed by atoms with Crippen molar-refractivity contribution in [1.29, 1.82) is 0 Å². The Balaban J connectivity index is 1.67. The first-order valence-electron chi connectivity index (χ1n) is 7.35. The van der Waals surface area contributed by atoms with Gasteiger partial charge in [-0.15, -0.1) is 22.7 Å². The molecule has 2 N–H and O–H groups in total. The minimum absolute atomic E-state index is 0.410. The van der Waals surface area contributed by atoms with Crippen molar-refractivity contribution >= 4 is 32.1 Å². The normalized spacial score (nSPS) is 18.9. The molecule has 0 radical (unpaired) electrons. The third-order valence-corrected chi connectivity index (χ3v) is 6.30. The Morgan fingerprint density at radius 1 is 1.14 bits per heavy atom. The Labute approximate surface area is 131 Å². The number of aromatic nitrogens is 2. The Kier molecular flexibility index (Phi) is 3.32. The molecular weight excluding hydrogens is 302 g/mol. The molecule has 4 nitrogen and oxygen atoms in total. The number of fused-ring (bicyclic) bond motifs is 1. The van der Waals surface area contributed by atoms with E-state index in [9.17, 15) is 0 Å². The van der Waals surface area contributed by atoms with Gasteiger partial charge < -0.3 is 10.3 Å². The molecule has 0 atom stereocenters. The first-order valence-corrected chi connectivity index (χ1v) is 9.05. The smallest absolute Gasteiger partial charge is 0.268 e. The predicted octanol–water partition coefficient (Wildman–Crippen LogP) is 4.52. The van der Waals surface area contributed by atoms with Crippen LogP contribution < -0.4 is 5.73 Å². The molecule has 1 fully saturated rings. The number of rotatable bonds is 2. The maximum Gasteiger partial charge on any atom is 0.268 e. The molecule has 1 aliphatic carbocycles. The molecule has 0 unspecified atom stereocenters. The molecule has 21 heavy (non-hydrogen) atoms. The number of nitrogens with zero attached hydrogens (tertiary/aromatic N) is 2. The molecule has 0 aromatic carbocycles. The molecule has 1 aliphatic rings. The fourth-order valence-electron chi connectivity index (χ4n) is 2.98. The van der Waals surface area contributed by atoms with E-state index in [0.29, 0.717) is 11.7 Å². The van der Waals surface area contributed by atoms with Crippen LogP contribution in [0.15, 0.2) is 22.0 Å². The van der Waals surface area contributed by atoms with Gasteiger partial charge in [0, 0.05) is 9.40 Å². The third kappa shape index (κ3) is 2.41. The van der Waals surface area contributed by atoms with E-state index in [4.69, 9.17) is 10.3 Å². The van der Waals surface area contributed by atoms with Crippen molar-refractivity contribution in [2.75, 3.05) is 0 Å². The molecule has 1 saturated carbocycles.